The second kappa shape index (κ2) is 5.81. The van der Waals surface area contributed by atoms with E-state index in [1.807, 2.05) is 0 Å². The fourth-order valence-electron chi connectivity index (χ4n) is 0.914. The molecule has 2 N–H and O–H groups in total. The van der Waals surface area contributed by atoms with Crippen molar-refractivity contribution in [3.05, 3.63) is 24.3 Å². The summed E-state index contributed by atoms with van der Waals surface area (Å²) in [5, 5.41) is 2.47. The van der Waals surface area contributed by atoms with Gasteiger partial charge >= 0.3 is 37.7 Å². The average molecular weight is 257 g/mol. The molecule has 0 radical (unpaired) electrons. The van der Waals surface area contributed by atoms with Gasteiger partial charge in [0.15, 0.2) is 0 Å². The number of hydrogen-bond acceptors (Lipinski definition) is 3. The van der Waals surface area contributed by atoms with Crippen molar-refractivity contribution in [3.8, 4) is 0 Å². The maximum absolute atomic E-state index is 10.6. The van der Waals surface area contributed by atoms with Gasteiger partial charge in [0.2, 0.25) is 5.91 Å². The SMILES string of the molecule is CC(=O)Nc1ccc(S(=O)(=O)O)cc1.[CaH2]. The second-order valence-corrected chi connectivity index (χ2v) is 4.10. The van der Waals surface area contributed by atoms with E-state index in [0.717, 1.165) is 0 Å². The summed E-state index contributed by atoms with van der Waals surface area (Å²) in [6.07, 6.45) is 0. The van der Waals surface area contributed by atoms with Crippen molar-refractivity contribution in [2.24, 2.45) is 0 Å². The molecule has 0 aliphatic heterocycles. The first-order valence-electron chi connectivity index (χ1n) is 3.75. The molecule has 1 rings (SSSR count). The standard InChI is InChI=1S/C8H9NO4S.Ca.2H/c1-6(10)9-7-2-4-8(5-3-7)14(11,12)13;;;/h2-5H,1H3,(H,9,10)(H,11,12,13);;;. The molecule has 0 aliphatic rings. The first-order chi connectivity index (χ1) is 6.39. The Morgan fingerprint density at radius 2 is 1.73 bits per heavy atom. The van der Waals surface area contributed by atoms with Crippen LogP contribution in [0, 0.1) is 0 Å². The third-order valence-corrected chi connectivity index (χ3v) is 2.34. The van der Waals surface area contributed by atoms with Crippen LogP contribution in [0.25, 0.3) is 0 Å². The summed E-state index contributed by atoms with van der Waals surface area (Å²) in [7, 11) is -4.16. The molecule has 0 saturated carbocycles. The third-order valence-electron chi connectivity index (χ3n) is 1.47. The van der Waals surface area contributed by atoms with E-state index in [9.17, 15) is 13.2 Å². The van der Waals surface area contributed by atoms with E-state index in [1.54, 1.807) is 0 Å². The molecule has 0 unspecified atom stereocenters. The summed E-state index contributed by atoms with van der Waals surface area (Å²) in [5.74, 6) is -0.246. The Hall–Kier alpha value is -0.140. The van der Waals surface area contributed by atoms with Crippen molar-refractivity contribution in [1.29, 1.82) is 0 Å². The topological polar surface area (TPSA) is 83.5 Å². The van der Waals surface area contributed by atoms with Crippen molar-refractivity contribution in [2.45, 2.75) is 11.8 Å². The zero-order valence-corrected chi connectivity index (χ0v) is 8.21. The van der Waals surface area contributed by atoms with E-state index < -0.39 is 10.1 Å². The molecule has 15 heavy (non-hydrogen) atoms. The minimum absolute atomic E-state index is 0. The monoisotopic (exact) mass is 257 g/mol. The zero-order valence-electron chi connectivity index (χ0n) is 7.39. The Labute approximate surface area is 118 Å². The van der Waals surface area contributed by atoms with E-state index in [2.05, 4.69) is 5.32 Å². The molecule has 0 aromatic heterocycles. The summed E-state index contributed by atoms with van der Waals surface area (Å²) >= 11 is 0. The Bertz CT molecular complexity index is 440. The molecule has 80 valence electrons. The van der Waals surface area contributed by atoms with Crippen LogP contribution in [0.2, 0.25) is 0 Å². The molecule has 0 bridgehead atoms. The second-order valence-electron chi connectivity index (χ2n) is 2.68. The van der Waals surface area contributed by atoms with Gasteiger partial charge in [-0.15, -0.1) is 0 Å². The average Bonchev–Trinajstić information content (AvgIpc) is 2.02. The Morgan fingerprint density at radius 1 is 1.27 bits per heavy atom. The van der Waals surface area contributed by atoms with Crippen LogP contribution >= 0.6 is 0 Å². The number of nitrogens with one attached hydrogen (secondary N) is 1. The number of hydrogen-bond donors (Lipinski definition) is 2. The molecule has 0 saturated heterocycles. The predicted molar refractivity (Wildman–Crippen MR) is 59.1 cm³/mol. The van der Waals surface area contributed by atoms with Gasteiger partial charge in [-0.3, -0.25) is 9.35 Å². The summed E-state index contributed by atoms with van der Waals surface area (Å²) in [6, 6.07) is 5.20. The van der Waals surface area contributed by atoms with E-state index in [1.165, 1.54) is 31.2 Å². The first-order valence-corrected chi connectivity index (χ1v) is 5.19. The normalized spacial score (nSPS) is 10.3. The number of carbonyl (C=O) groups excluding carboxylic acids is 1. The van der Waals surface area contributed by atoms with Gasteiger partial charge in [-0.2, -0.15) is 8.42 Å². The Morgan fingerprint density at radius 3 is 2.07 bits per heavy atom. The van der Waals surface area contributed by atoms with Gasteiger partial charge in [0, 0.05) is 12.6 Å². The van der Waals surface area contributed by atoms with Crippen LogP contribution in [0.15, 0.2) is 29.2 Å². The van der Waals surface area contributed by atoms with Crippen LogP contribution in [-0.2, 0) is 14.9 Å². The molecule has 0 aliphatic carbocycles. The number of benzene rings is 1. The number of carbonyl (C=O) groups is 1. The third kappa shape index (κ3) is 4.94. The van der Waals surface area contributed by atoms with Crippen molar-refractivity contribution in [3.63, 3.8) is 0 Å². The predicted octanol–water partition coefficient (Wildman–Crippen LogP) is -0.0245. The van der Waals surface area contributed by atoms with Crippen molar-refractivity contribution < 1.29 is 17.8 Å². The molecular formula is C8H11CaNO4S. The number of rotatable bonds is 2. The van der Waals surface area contributed by atoms with Crippen molar-refractivity contribution in [1.82, 2.24) is 0 Å². The molecular weight excluding hydrogens is 246 g/mol. The van der Waals surface area contributed by atoms with Crippen LogP contribution in [0.3, 0.4) is 0 Å². The van der Waals surface area contributed by atoms with Crippen LogP contribution in [-0.4, -0.2) is 56.6 Å². The number of amides is 1. The number of anilines is 1. The van der Waals surface area contributed by atoms with E-state index in [-0.39, 0.29) is 48.5 Å². The van der Waals surface area contributed by atoms with Gasteiger partial charge in [0.1, 0.15) is 0 Å². The first kappa shape index (κ1) is 14.9. The van der Waals surface area contributed by atoms with Gasteiger partial charge in [-0.05, 0) is 24.3 Å². The van der Waals surface area contributed by atoms with Crippen molar-refractivity contribution >= 4 is 59.5 Å². The molecule has 1 amide bonds. The molecule has 5 nitrogen and oxygen atoms in total. The molecule has 0 spiro atoms. The van der Waals surface area contributed by atoms with E-state index in [0.29, 0.717) is 5.69 Å². The Balaban J connectivity index is 0.00000196. The minimum atomic E-state index is -4.16. The molecule has 0 fully saturated rings. The van der Waals surface area contributed by atoms with Gasteiger partial charge in [-0.1, -0.05) is 0 Å². The van der Waals surface area contributed by atoms with Gasteiger partial charge in [0.05, 0.1) is 4.90 Å². The fraction of sp³-hybridized carbons (Fsp3) is 0.125. The fourth-order valence-corrected chi connectivity index (χ4v) is 1.39. The Kier molecular flexibility index (Phi) is 5.76. The zero-order chi connectivity index (χ0) is 10.8. The molecule has 1 aromatic carbocycles. The van der Waals surface area contributed by atoms with Crippen LogP contribution in [0.5, 0.6) is 0 Å². The van der Waals surface area contributed by atoms with Crippen LogP contribution in [0.1, 0.15) is 6.92 Å². The van der Waals surface area contributed by atoms with Gasteiger partial charge < -0.3 is 5.32 Å². The molecule has 0 heterocycles. The molecule has 1 aromatic rings. The van der Waals surface area contributed by atoms with Crippen molar-refractivity contribution in [2.75, 3.05) is 5.32 Å². The summed E-state index contributed by atoms with van der Waals surface area (Å²) in [5.41, 5.74) is 0.477. The van der Waals surface area contributed by atoms with E-state index >= 15 is 0 Å². The summed E-state index contributed by atoms with van der Waals surface area (Å²) in [4.78, 5) is 10.4. The van der Waals surface area contributed by atoms with Crippen LogP contribution in [0.4, 0.5) is 5.69 Å². The summed E-state index contributed by atoms with van der Waals surface area (Å²) in [6.45, 7) is 1.34. The molecule has 0 atom stereocenters. The van der Waals surface area contributed by atoms with Gasteiger partial charge in [0.25, 0.3) is 10.1 Å². The van der Waals surface area contributed by atoms with E-state index in [4.69, 9.17) is 4.55 Å². The maximum atomic E-state index is 10.6. The summed E-state index contributed by atoms with van der Waals surface area (Å²) < 4.78 is 29.9. The molecule has 7 heteroatoms. The van der Waals surface area contributed by atoms with Gasteiger partial charge in [-0.25, -0.2) is 0 Å². The quantitative estimate of drug-likeness (QED) is 0.576. The van der Waals surface area contributed by atoms with Crippen LogP contribution < -0.4 is 5.32 Å².